The maximum Gasteiger partial charge on any atom is 0.123 e. The minimum Gasteiger partial charge on any atom is -0.303 e. The molecule has 2 nitrogen and oxygen atoms in total. The second-order valence-corrected chi connectivity index (χ2v) is 6.82. The van der Waals surface area contributed by atoms with Crippen molar-refractivity contribution in [2.24, 2.45) is 22.7 Å². The Balaban J connectivity index is 2.09. The average molecular weight is 253 g/mol. The van der Waals surface area contributed by atoms with Crippen molar-refractivity contribution in [3.63, 3.8) is 0 Å². The lowest BCUT2D eigenvalue weighted by molar-refractivity contribution is -0.108. The standard InChI is InChI=1S/C14H23NOS/c1-3-12-10-13(5-4-11(12)2)14(6-8-16)15-7-9-17-14/h7-8,11-13H,3-6,9-10H2,1-2H3. The van der Waals surface area contributed by atoms with Crippen LogP contribution in [0.25, 0.3) is 0 Å². The first kappa shape index (κ1) is 13.1. The fourth-order valence-electron chi connectivity index (χ4n) is 3.43. The fourth-order valence-corrected chi connectivity index (χ4v) is 4.65. The van der Waals surface area contributed by atoms with E-state index in [1.165, 1.54) is 25.7 Å². The van der Waals surface area contributed by atoms with E-state index >= 15 is 0 Å². The fraction of sp³-hybridized carbons (Fsp3) is 0.857. The monoisotopic (exact) mass is 253 g/mol. The number of rotatable bonds is 4. The molecule has 0 spiro atoms. The van der Waals surface area contributed by atoms with E-state index in [2.05, 4.69) is 18.8 Å². The van der Waals surface area contributed by atoms with Gasteiger partial charge in [0.15, 0.2) is 0 Å². The Morgan fingerprint density at radius 3 is 2.94 bits per heavy atom. The number of aliphatic imine (C=N–C) groups is 1. The minimum atomic E-state index is -0.102. The second-order valence-electron chi connectivity index (χ2n) is 5.49. The van der Waals surface area contributed by atoms with Crippen LogP contribution in [0.1, 0.15) is 46.0 Å². The van der Waals surface area contributed by atoms with Crippen LogP contribution in [-0.4, -0.2) is 23.1 Å². The molecule has 1 fully saturated rings. The highest BCUT2D eigenvalue weighted by Gasteiger charge is 2.43. The third-order valence-electron chi connectivity index (χ3n) is 4.62. The van der Waals surface area contributed by atoms with E-state index in [9.17, 15) is 4.79 Å². The third-order valence-corrected chi connectivity index (χ3v) is 6.04. The first-order chi connectivity index (χ1) is 8.22. The molecule has 0 aromatic carbocycles. The molecule has 2 aliphatic rings. The van der Waals surface area contributed by atoms with Gasteiger partial charge in [-0.1, -0.05) is 26.7 Å². The van der Waals surface area contributed by atoms with Crippen LogP contribution >= 0.6 is 11.8 Å². The van der Waals surface area contributed by atoms with Gasteiger partial charge in [-0.3, -0.25) is 4.99 Å². The molecule has 4 atom stereocenters. The van der Waals surface area contributed by atoms with Crippen molar-refractivity contribution in [1.82, 2.24) is 0 Å². The molecule has 0 amide bonds. The normalized spacial score (nSPS) is 41.6. The van der Waals surface area contributed by atoms with E-state index < -0.39 is 0 Å². The largest absolute Gasteiger partial charge is 0.303 e. The second kappa shape index (κ2) is 5.55. The maximum absolute atomic E-state index is 10.9. The molecule has 0 aromatic heterocycles. The predicted octanol–water partition coefficient (Wildman–Crippen LogP) is 3.55. The quantitative estimate of drug-likeness (QED) is 0.717. The van der Waals surface area contributed by atoms with Gasteiger partial charge in [-0.05, 0) is 30.6 Å². The van der Waals surface area contributed by atoms with Crippen molar-refractivity contribution >= 4 is 24.3 Å². The summed E-state index contributed by atoms with van der Waals surface area (Å²) in [4.78, 5) is 15.5. The Labute approximate surface area is 109 Å². The van der Waals surface area contributed by atoms with Crippen LogP contribution in [-0.2, 0) is 4.79 Å². The summed E-state index contributed by atoms with van der Waals surface area (Å²) in [5.41, 5.74) is 0. The highest BCUT2D eigenvalue weighted by molar-refractivity contribution is 8.01. The molecular formula is C14H23NOS. The zero-order valence-corrected chi connectivity index (χ0v) is 11.7. The Morgan fingerprint density at radius 1 is 1.53 bits per heavy atom. The van der Waals surface area contributed by atoms with Gasteiger partial charge in [0.05, 0.1) is 0 Å². The summed E-state index contributed by atoms with van der Waals surface area (Å²) in [6.45, 7) is 4.67. The number of aldehydes is 1. The number of hydrogen-bond donors (Lipinski definition) is 0. The highest BCUT2D eigenvalue weighted by Crippen LogP contribution is 2.49. The van der Waals surface area contributed by atoms with Crippen LogP contribution < -0.4 is 0 Å². The van der Waals surface area contributed by atoms with Crippen LogP contribution in [0.2, 0.25) is 0 Å². The number of carbonyl (C=O) groups is 1. The molecule has 0 bridgehead atoms. The molecule has 0 radical (unpaired) electrons. The van der Waals surface area contributed by atoms with E-state index in [4.69, 9.17) is 0 Å². The average Bonchev–Trinajstić information content (AvgIpc) is 2.80. The first-order valence-electron chi connectivity index (χ1n) is 6.83. The number of hydrogen-bond acceptors (Lipinski definition) is 3. The van der Waals surface area contributed by atoms with Crippen LogP contribution in [0.5, 0.6) is 0 Å². The van der Waals surface area contributed by atoms with Gasteiger partial charge in [-0.2, -0.15) is 0 Å². The summed E-state index contributed by atoms with van der Waals surface area (Å²) in [6, 6.07) is 0. The van der Waals surface area contributed by atoms with E-state index in [0.717, 1.165) is 23.9 Å². The van der Waals surface area contributed by atoms with Gasteiger partial charge in [0.2, 0.25) is 0 Å². The van der Waals surface area contributed by atoms with Gasteiger partial charge < -0.3 is 4.79 Å². The molecule has 1 heterocycles. The van der Waals surface area contributed by atoms with Crippen molar-refractivity contribution in [2.75, 3.05) is 5.75 Å². The number of nitrogens with zero attached hydrogens (tertiary/aromatic N) is 1. The molecule has 0 aromatic rings. The lowest BCUT2D eigenvalue weighted by atomic mass is 9.71. The predicted molar refractivity (Wildman–Crippen MR) is 74.6 cm³/mol. The van der Waals surface area contributed by atoms with Crippen LogP contribution in [0.3, 0.4) is 0 Å². The zero-order chi connectivity index (χ0) is 12.3. The number of carbonyl (C=O) groups excluding carboxylic acids is 1. The molecular weight excluding hydrogens is 230 g/mol. The minimum absolute atomic E-state index is 0.102. The highest BCUT2D eigenvalue weighted by atomic mass is 32.2. The molecule has 1 aliphatic carbocycles. The summed E-state index contributed by atoms with van der Waals surface area (Å²) in [7, 11) is 0. The van der Waals surface area contributed by atoms with Gasteiger partial charge in [0.1, 0.15) is 11.2 Å². The lowest BCUT2D eigenvalue weighted by Crippen LogP contribution is -2.37. The van der Waals surface area contributed by atoms with Crippen molar-refractivity contribution in [1.29, 1.82) is 0 Å². The van der Waals surface area contributed by atoms with Gasteiger partial charge in [-0.15, -0.1) is 11.8 Å². The molecule has 4 unspecified atom stereocenters. The van der Waals surface area contributed by atoms with E-state index in [-0.39, 0.29) is 4.87 Å². The zero-order valence-electron chi connectivity index (χ0n) is 10.9. The SMILES string of the molecule is CCC1CC(C2(CC=O)N=CCS2)CCC1C. The van der Waals surface area contributed by atoms with Crippen molar-refractivity contribution in [2.45, 2.75) is 50.8 Å². The van der Waals surface area contributed by atoms with Crippen molar-refractivity contribution in [3.05, 3.63) is 0 Å². The van der Waals surface area contributed by atoms with Gasteiger partial charge in [0.25, 0.3) is 0 Å². The third kappa shape index (κ3) is 2.59. The van der Waals surface area contributed by atoms with Gasteiger partial charge in [0, 0.05) is 18.4 Å². The Hall–Kier alpha value is -0.310. The van der Waals surface area contributed by atoms with Crippen LogP contribution in [0.4, 0.5) is 0 Å². The molecule has 0 N–H and O–H groups in total. The molecule has 0 saturated heterocycles. The van der Waals surface area contributed by atoms with Crippen LogP contribution in [0.15, 0.2) is 4.99 Å². The molecule has 96 valence electrons. The van der Waals surface area contributed by atoms with E-state index in [0.29, 0.717) is 12.3 Å². The Morgan fingerprint density at radius 2 is 2.35 bits per heavy atom. The molecule has 3 heteroatoms. The summed E-state index contributed by atoms with van der Waals surface area (Å²) >= 11 is 1.88. The van der Waals surface area contributed by atoms with Crippen molar-refractivity contribution < 1.29 is 4.79 Å². The van der Waals surface area contributed by atoms with Crippen LogP contribution in [0, 0.1) is 17.8 Å². The summed E-state index contributed by atoms with van der Waals surface area (Å²) in [5.74, 6) is 3.27. The van der Waals surface area contributed by atoms with E-state index in [1.807, 2.05) is 18.0 Å². The van der Waals surface area contributed by atoms with Gasteiger partial charge in [-0.25, -0.2) is 0 Å². The molecule has 1 saturated carbocycles. The topological polar surface area (TPSA) is 29.4 Å². The molecule has 2 rings (SSSR count). The van der Waals surface area contributed by atoms with E-state index in [1.54, 1.807) is 0 Å². The first-order valence-corrected chi connectivity index (χ1v) is 7.81. The number of thioether (sulfide) groups is 1. The van der Waals surface area contributed by atoms with Crippen molar-refractivity contribution in [3.8, 4) is 0 Å². The summed E-state index contributed by atoms with van der Waals surface area (Å²) in [6.07, 6.45) is 8.75. The molecule has 1 aliphatic heterocycles. The maximum atomic E-state index is 10.9. The Kier molecular flexibility index (Phi) is 4.29. The summed E-state index contributed by atoms with van der Waals surface area (Å²) < 4.78 is 0. The molecule has 17 heavy (non-hydrogen) atoms. The smallest absolute Gasteiger partial charge is 0.123 e. The van der Waals surface area contributed by atoms with Gasteiger partial charge >= 0.3 is 0 Å². The summed E-state index contributed by atoms with van der Waals surface area (Å²) in [5, 5.41) is 0. The lowest BCUT2D eigenvalue weighted by Gasteiger charge is -2.41. The Bertz CT molecular complexity index is 305.